The number of aryl methyl sites for hydroxylation is 2. The van der Waals surface area contributed by atoms with E-state index in [1.54, 1.807) is 6.92 Å². The number of thioether (sulfide) groups is 1. The molecule has 5 rings (SSSR count). The molecule has 1 aromatic heterocycles. The van der Waals surface area contributed by atoms with Crippen molar-refractivity contribution in [3.8, 4) is 28.5 Å². The van der Waals surface area contributed by atoms with Crippen molar-refractivity contribution in [3.05, 3.63) is 70.4 Å². The lowest BCUT2D eigenvalue weighted by atomic mass is 9.90. The number of rotatable bonds is 9. The van der Waals surface area contributed by atoms with Crippen molar-refractivity contribution in [2.24, 2.45) is 0 Å². The van der Waals surface area contributed by atoms with Gasteiger partial charge >= 0.3 is 5.97 Å². The fourth-order valence-corrected chi connectivity index (χ4v) is 5.66. The molecule has 0 N–H and O–H groups in total. The van der Waals surface area contributed by atoms with Crippen LogP contribution in [0.5, 0.6) is 17.4 Å². The smallest absolute Gasteiger partial charge is 0.302 e. The Labute approximate surface area is 236 Å². The summed E-state index contributed by atoms with van der Waals surface area (Å²) in [5, 5.41) is 0. The second kappa shape index (κ2) is 13.7. The van der Waals surface area contributed by atoms with Gasteiger partial charge in [0.2, 0.25) is 5.88 Å². The lowest BCUT2D eigenvalue weighted by molar-refractivity contribution is -0.140. The molecule has 3 aromatic rings. The molecular weight excluding hydrogens is 510 g/mol. The summed E-state index contributed by atoms with van der Waals surface area (Å²) in [5.74, 6) is 3.44. The molecule has 7 heteroatoms. The molecule has 1 aliphatic carbocycles. The molecule has 0 saturated heterocycles. The number of carbonyl (C=O) groups is 1. The van der Waals surface area contributed by atoms with Crippen molar-refractivity contribution >= 4 is 17.7 Å². The van der Waals surface area contributed by atoms with Crippen molar-refractivity contribution in [1.29, 1.82) is 0 Å². The standard InChI is InChI=1S/C28H31NO3S.C4H8O2/c1-18-14-21(30-11-5-13-33-3)15-19(2)28(18)24-7-4-6-23-22(24)8-9-25(23)32-27-16-26-20(17-29-27)10-12-31-26;1-3-6-4(2)5/h4,6-7,14-17,25H,5,8-13H2,1-3H3;3H2,1-2H3. The van der Waals surface area contributed by atoms with E-state index in [0.29, 0.717) is 12.5 Å². The highest BCUT2D eigenvalue weighted by Crippen LogP contribution is 2.42. The molecule has 1 unspecified atom stereocenters. The summed E-state index contributed by atoms with van der Waals surface area (Å²) in [6.45, 7) is 9.53. The van der Waals surface area contributed by atoms with Gasteiger partial charge in [0.25, 0.3) is 0 Å². The number of esters is 1. The first-order chi connectivity index (χ1) is 18.9. The van der Waals surface area contributed by atoms with E-state index in [1.165, 1.54) is 45.9 Å². The third-order valence-electron chi connectivity index (χ3n) is 6.91. The first-order valence-corrected chi connectivity index (χ1v) is 15.1. The van der Waals surface area contributed by atoms with Crippen LogP contribution in [0.1, 0.15) is 60.6 Å². The lowest BCUT2D eigenvalue weighted by Gasteiger charge is -2.18. The fourth-order valence-electron chi connectivity index (χ4n) is 5.25. The van der Waals surface area contributed by atoms with E-state index in [4.69, 9.17) is 14.2 Å². The molecule has 2 aromatic carbocycles. The monoisotopic (exact) mass is 549 g/mol. The summed E-state index contributed by atoms with van der Waals surface area (Å²) < 4.78 is 22.5. The maximum absolute atomic E-state index is 9.82. The molecule has 39 heavy (non-hydrogen) atoms. The normalized spacial score (nSPS) is 14.9. The predicted octanol–water partition coefficient (Wildman–Crippen LogP) is 7.07. The van der Waals surface area contributed by atoms with Crippen LogP contribution < -0.4 is 14.2 Å². The summed E-state index contributed by atoms with van der Waals surface area (Å²) in [6, 6.07) is 12.9. The SMILES string of the molecule is CCOC(C)=O.CSCCCOc1cc(C)c(-c2cccc3c2CCC3Oc2cc3c(cn2)CCO3)c(C)c1. The van der Waals surface area contributed by atoms with Gasteiger partial charge in [-0.2, -0.15) is 11.8 Å². The number of fused-ring (bicyclic) bond motifs is 2. The van der Waals surface area contributed by atoms with Crippen LogP contribution in [0.2, 0.25) is 0 Å². The third kappa shape index (κ3) is 7.27. The molecule has 1 aliphatic heterocycles. The van der Waals surface area contributed by atoms with Gasteiger partial charge in [0, 0.05) is 31.2 Å². The molecule has 208 valence electrons. The number of ether oxygens (including phenoxy) is 4. The van der Waals surface area contributed by atoms with Gasteiger partial charge in [0.15, 0.2) is 0 Å². The Morgan fingerprint density at radius 3 is 2.64 bits per heavy atom. The predicted molar refractivity (Wildman–Crippen MR) is 157 cm³/mol. The number of hydrogen-bond acceptors (Lipinski definition) is 7. The van der Waals surface area contributed by atoms with Crippen molar-refractivity contribution in [2.75, 3.05) is 31.8 Å². The highest BCUT2D eigenvalue weighted by atomic mass is 32.2. The second-order valence-corrected chi connectivity index (χ2v) is 10.8. The quantitative estimate of drug-likeness (QED) is 0.209. The second-order valence-electron chi connectivity index (χ2n) is 9.80. The van der Waals surface area contributed by atoms with Crippen molar-refractivity contribution in [1.82, 2.24) is 4.98 Å². The van der Waals surface area contributed by atoms with Crippen LogP contribution in [0, 0.1) is 13.8 Å². The van der Waals surface area contributed by atoms with Gasteiger partial charge in [-0.05, 0) is 97.6 Å². The summed E-state index contributed by atoms with van der Waals surface area (Å²) in [5.41, 5.74) is 8.96. The van der Waals surface area contributed by atoms with E-state index in [0.717, 1.165) is 56.1 Å². The van der Waals surface area contributed by atoms with E-state index < -0.39 is 0 Å². The van der Waals surface area contributed by atoms with Gasteiger partial charge in [-0.15, -0.1) is 0 Å². The number of hydrogen-bond donors (Lipinski definition) is 0. The van der Waals surface area contributed by atoms with Gasteiger partial charge in [-0.25, -0.2) is 4.98 Å². The van der Waals surface area contributed by atoms with Gasteiger partial charge < -0.3 is 18.9 Å². The fraction of sp³-hybridized carbons (Fsp3) is 0.438. The maximum atomic E-state index is 9.82. The Kier molecular flexibility index (Phi) is 10.2. The zero-order valence-electron chi connectivity index (χ0n) is 23.7. The number of benzene rings is 2. The summed E-state index contributed by atoms with van der Waals surface area (Å²) in [6.07, 6.45) is 8.00. The van der Waals surface area contributed by atoms with Crippen molar-refractivity contribution in [2.45, 2.75) is 59.5 Å². The van der Waals surface area contributed by atoms with Gasteiger partial charge in [-0.1, -0.05) is 18.2 Å². The average molecular weight is 550 g/mol. The van der Waals surface area contributed by atoms with E-state index in [9.17, 15) is 4.79 Å². The molecule has 0 radical (unpaired) electrons. The van der Waals surface area contributed by atoms with Gasteiger partial charge in [0.1, 0.15) is 17.6 Å². The van der Waals surface area contributed by atoms with Crippen molar-refractivity contribution < 1.29 is 23.7 Å². The number of carbonyl (C=O) groups excluding carboxylic acids is 1. The molecular formula is C32H39NO5S. The van der Waals surface area contributed by atoms with Crippen LogP contribution in [0.4, 0.5) is 0 Å². The van der Waals surface area contributed by atoms with Crippen LogP contribution in [0.3, 0.4) is 0 Å². The van der Waals surface area contributed by atoms with E-state index in [1.807, 2.05) is 24.0 Å². The highest BCUT2D eigenvalue weighted by molar-refractivity contribution is 7.98. The van der Waals surface area contributed by atoms with E-state index >= 15 is 0 Å². The Bertz CT molecular complexity index is 1270. The number of pyridine rings is 1. The Morgan fingerprint density at radius 1 is 1.15 bits per heavy atom. The zero-order chi connectivity index (χ0) is 27.8. The van der Waals surface area contributed by atoms with E-state index in [2.05, 4.69) is 60.2 Å². The van der Waals surface area contributed by atoms with Crippen LogP contribution in [-0.4, -0.2) is 42.8 Å². The molecule has 0 saturated carbocycles. The van der Waals surface area contributed by atoms with Crippen molar-refractivity contribution in [3.63, 3.8) is 0 Å². The minimum absolute atomic E-state index is 0.0200. The molecule has 2 aliphatic rings. The molecule has 2 heterocycles. The molecule has 0 spiro atoms. The van der Waals surface area contributed by atoms with Crippen LogP contribution in [0.15, 0.2) is 42.6 Å². The molecule has 1 atom stereocenters. The molecule has 6 nitrogen and oxygen atoms in total. The largest absolute Gasteiger partial charge is 0.494 e. The Morgan fingerprint density at radius 2 is 1.95 bits per heavy atom. The average Bonchev–Trinajstić information content (AvgIpc) is 3.54. The van der Waals surface area contributed by atoms with E-state index in [-0.39, 0.29) is 12.1 Å². The zero-order valence-corrected chi connectivity index (χ0v) is 24.5. The van der Waals surface area contributed by atoms with Crippen LogP contribution in [-0.2, 0) is 22.4 Å². The molecule has 0 amide bonds. The number of nitrogens with zero attached hydrogens (tertiary/aromatic N) is 1. The van der Waals surface area contributed by atoms with Gasteiger partial charge in [-0.3, -0.25) is 4.79 Å². The third-order valence-corrected chi connectivity index (χ3v) is 7.61. The highest BCUT2D eigenvalue weighted by Gasteiger charge is 2.28. The summed E-state index contributed by atoms with van der Waals surface area (Å²) >= 11 is 1.86. The Hall–Kier alpha value is -3.19. The topological polar surface area (TPSA) is 66.9 Å². The Balaban J connectivity index is 0.000000531. The lowest BCUT2D eigenvalue weighted by Crippen LogP contribution is -2.05. The molecule has 0 bridgehead atoms. The summed E-state index contributed by atoms with van der Waals surface area (Å²) in [4.78, 5) is 14.3. The van der Waals surface area contributed by atoms with Crippen LogP contribution >= 0.6 is 11.8 Å². The minimum atomic E-state index is -0.211. The van der Waals surface area contributed by atoms with Gasteiger partial charge in [0.05, 0.1) is 19.8 Å². The first kappa shape index (κ1) is 28.8. The summed E-state index contributed by atoms with van der Waals surface area (Å²) in [7, 11) is 0. The molecule has 0 fully saturated rings. The first-order valence-electron chi connectivity index (χ1n) is 13.7. The van der Waals surface area contributed by atoms with Crippen LogP contribution in [0.25, 0.3) is 11.1 Å². The maximum Gasteiger partial charge on any atom is 0.302 e. The minimum Gasteiger partial charge on any atom is -0.494 e. The number of aromatic nitrogens is 1.